The lowest BCUT2D eigenvalue weighted by Gasteiger charge is -2.38. The monoisotopic (exact) mass is 485 g/mol. The van der Waals surface area contributed by atoms with Gasteiger partial charge in [-0.05, 0) is 50.8 Å². The lowest BCUT2D eigenvalue weighted by Crippen LogP contribution is -2.43. The minimum Gasteiger partial charge on any atom is -0.468 e. The van der Waals surface area contributed by atoms with E-state index < -0.39 is 23.8 Å². The van der Waals surface area contributed by atoms with E-state index in [0.717, 1.165) is 0 Å². The first-order valence-corrected chi connectivity index (χ1v) is 11.7. The van der Waals surface area contributed by atoms with Gasteiger partial charge in [-0.3, -0.25) is 9.59 Å². The Morgan fingerprint density at radius 2 is 1.91 bits per heavy atom. The average molecular weight is 486 g/mol. The van der Waals surface area contributed by atoms with Gasteiger partial charge in [-0.15, -0.1) is 0 Å². The molecule has 2 heterocycles. The summed E-state index contributed by atoms with van der Waals surface area (Å²) in [4.78, 5) is 39.6. The van der Waals surface area contributed by atoms with E-state index in [9.17, 15) is 14.4 Å². The zero-order valence-electron chi connectivity index (χ0n) is 20.6. The molecule has 188 valence electrons. The number of carbonyl (C=O) groups excluding carboxylic acids is 3. The van der Waals surface area contributed by atoms with Gasteiger partial charge in [0, 0.05) is 22.9 Å². The van der Waals surface area contributed by atoms with Crippen LogP contribution < -0.4 is 14.8 Å². The summed E-state index contributed by atoms with van der Waals surface area (Å²) in [6, 6.07) is 5.32. The number of benzene rings is 1. The fourth-order valence-corrected chi connectivity index (χ4v) is 4.87. The van der Waals surface area contributed by atoms with E-state index in [4.69, 9.17) is 23.7 Å². The predicted octanol–water partition coefficient (Wildman–Crippen LogP) is 3.00. The number of hydrogen-bond acceptors (Lipinski definition) is 9. The molecule has 0 unspecified atom stereocenters. The van der Waals surface area contributed by atoms with Crippen LogP contribution in [-0.4, -0.2) is 50.9 Å². The number of hydrogen-bond donors (Lipinski definition) is 1. The Morgan fingerprint density at radius 1 is 1.17 bits per heavy atom. The number of dihydropyridines is 1. The topological polar surface area (TPSA) is 109 Å². The third-order valence-corrected chi connectivity index (χ3v) is 6.46. The fraction of sp³-hybridized carbons (Fsp3) is 0.500. The first-order valence-electron chi connectivity index (χ1n) is 11.7. The Hall–Kier alpha value is -3.33. The van der Waals surface area contributed by atoms with Crippen molar-refractivity contribution in [3.63, 3.8) is 0 Å². The highest BCUT2D eigenvalue weighted by Crippen LogP contribution is 2.47. The van der Waals surface area contributed by atoms with E-state index in [1.54, 1.807) is 25.1 Å². The lowest BCUT2D eigenvalue weighted by molar-refractivity contribution is -0.151. The van der Waals surface area contributed by atoms with Gasteiger partial charge >= 0.3 is 11.9 Å². The zero-order valence-corrected chi connectivity index (χ0v) is 20.6. The number of esters is 2. The highest BCUT2D eigenvalue weighted by Gasteiger charge is 2.47. The molecule has 0 aromatic heterocycles. The average Bonchev–Trinajstić information content (AvgIpc) is 3.28. The van der Waals surface area contributed by atoms with Gasteiger partial charge in [0.1, 0.15) is 12.5 Å². The molecular weight excluding hydrogens is 454 g/mol. The molecule has 1 aromatic rings. The van der Waals surface area contributed by atoms with Crippen LogP contribution in [0.4, 0.5) is 0 Å². The van der Waals surface area contributed by atoms with E-state index in [0.29, 0.717) is 46.0 Å². The molecule has 0 saturated heterocycles. The van der Waals surface area contributed by atoms with Crippen molar-refractivity contribution < 1.29 is 38.1 Å². The summed E-state index contributed by atoms with van der Waals surface area (Å²) in [5, 5.41) is 3.25. The minimum absolute atomic E-state index is 0.0113. The van der Waals surface area contributed by atoms with Gasteiger partial charge in [0.25, 0.3) is 0 Å². The largest absolute Gasteiger partial charge is 0.468 e. The van der Waals surface area contributed by atoms with Crippen LogP contribution >= 0.6 is 0 Å². The summed E-state index contributed by atoms with van der Waals surface area (Å²) in [6.07, 6.45) is 0.473. The lowest BCUT2D eigenvalue weighted by atomic mass is 9.69. The molecule has 9 nitrogen and oxygen atoms in total. The molecule has 35 heavy (non-hydrogen) atoms. The minimum atomic E-state index is -0.952. The van der Waals surface area contributed by atoms with E-state index in [1.165, 1.54) is 7.11 Å². The standard InChI is InChI=1S/C26H31NO8/c1-13(2)32-8-9-33-26(30)21-15(4)27-17-10-14(3)20(25(29)31-5)24(28)23(17)22(21)16-6-7-18-19(11-16)35-12-34-18/h6-7,11,13-14,20,22,27H,8-10,12H2,1-5H3/t14-,20+,22+/m0/s1. The second-order valence-electron chi connectivity index (χ2n) is 9.20. The Morgan fingerprint density at radius 3 is 2.63 bits per heavy atom. The summed E-state index contributed by atoms with van der Waals surface area (Å²) in [7, 11) is 1.27. The molecule has 0 saturated carbocycles. The van der Waals surface area contributed by atoms with Gasteiger partial charge < -0.3 is 29.0 Å². The van der Waals surface area contributed by atoms with Crippen molar-refractivity contribution in [1.29, 1.82) is 0 Å². The zero-order chi connectivity index (χ0) is 25.3. The summed E-state index contributed by atoms with van der Waals surface area (Å²) in [5.41, 5.74) is 2.63. The molecule has 9 heteroatoms. The molecule has 1 N–H and O–H groups in total. The van der Waals surface area contributed by atoms with Crippen LogP contribution in [0.3, 0.4) is 0 Å². The van der Waals surface area contributed by atoms with Crippen LogP contribution in [0.25, 0.3) is 0 Å². The molecule has 1 aromatic carbocycles. The predicted molar refractivity (Wildman–Crippen MR) is 125 cm³/mol. The normalized spacial score (nSPS) is 23.3. The molecule has 0 bridgehead atoms. The van der Waals surface area contributed by atoms with Crippen LogP contribution in [-0.2, 0) is 28.6 Å². The van der Waals surface area contributed by atoms with Crippen molar-refractivity contribution in [2.75, 3.05) is 27.1 Å². The maximum atomic E-state index is 13.7. The van der Waals surface area contributed by atoms with Gasteiger partial charge in [-0.1, -0.05) is 13.0 Å². The third-order valence-electron chi connectivity index (χ3n) is 6.46. The Kier molecular flexibility index (Phi) is 7.16. The van der Waals surface area contributed by atoms with Gasteiger partial charge in [-0.2, -0.15) is 0 Å². The van der Waals surface area contributed by atoms with Crippen molar-refractivity contribution in [3.05, 3.63) is 46.3 Å². The molecule has 1 aliphatic carbocycles. The fourth-order valence-electron chi connectivity index (χ4n) is 4.87. The Balaban J connectivity index is 1.75. The number of methoxy groups -OCH3 is 1. The van der Waals surface area contributed by atoms with Crippen LogP contribution in [0, 0.1) is 11.8 Å². The molecule has 0 spiro atoms. The Labute approximate surface area is 204 Å². The highest BCUT2D eigenvalue weighted by atomic mass is 16.7. The number of Topliss-reactive ketones (excluding diaryl/α,β-unsaturated/α-hetero) is 1. The molecule has 2 aliphatic heterocycles. The van der Waals surface area contributed by atoms with Crippen molar-refractivity contribution in [2.24, 2.45) is 11.8 Å². The number of allylic oxidation sites excluding steroid dienone is 3. The second kappa shape index (κ2) is 10.1. The summed E-state index contributed by atoms with van der Waals surface area (Å²) < 4.78 is 26.9. The highest BCUT2D eigenvalue weighted by molar-refractivity contribution is 6.12. The molecule has 4 rings (SSSR count). The van der Waals surface area contributed by atoms with Crippen molar-refractivity contribution in [2.45, 2.75) is 46.1 Å². The van der Waals surface area contributed by atoms with E-state index in [-0.39, 0.29) is 37.8 Å². The summed E-state index contributed by atoms with van der Waals surface area (Å²) >= 11 is 0. The van der Waals surface area contributed by atoms with E-state index in [2.05, 4.69) is 5.32 Å². The third kappa shape index (κ3) is 4.77. The number of carbonyl (C=O) groups is 3. The Bertz CT molecular complexity index is 1100. The molecule has 0 amide bonds. The number of ether oxygens (including phenoxy) is 5. The number of rotatable bonds is 7. The molecular formula is C26H31NO8. The van der Waals surface area contributed by atoms with Crippen LogP contribution in [0.1, 0.15) is 45.6 Å². The number of nitrogens with one attached hydrogen (secondary N) is 1. The van der Waals surface area contributed by atoms with Crippen LogP contribution in [0.2, 0.25) is 0 Å². The first kappa shape index (κ1) is 24.8. The van der Waals surface area contributed by atoms with Gasteiger partial charge in [0.15, 0.2) is 17.3 Å². The number of ketones is 1. The van der Waals surface area contributed by atoms with Gasteiger partial charge in [0.05, 0.1) is 25.4 Å². The van der Waals surface area contributed by atoms with Gasteiger partial charge in [0.2, 0.25) is 6.79 Å². The van der Waals surface area contributed by atoms with Crippen molar-refractivity contribution in [3.8, 4) is 11.5 Å². The summed E-state index contributed by atoms with van der Waals surface area (Å²) in [5.74, 6) is -2.34. The molecule has 0 radical (unpaired) electrons. The second-order valence-corrected chi connectivity index (χ2v) is 9.20. The first-order chi connectivity index (χ1) is 16.7. The SMILES string of the molecule is COC(=O)[C@H]1C(=O)C2=C(C[C@@H]1C)NC(C)=C(C(=O)OCCOC(C)C)[C@H]2c1ccc2c(c1)OCO2. The molecule has 0 fully saturated rings. The van der Waals surface area contributed by atoms with E-state index >= 15 is 0 Å². The molecule has 3 atom stereocenters. The summed E-state index contributed by atoms with van der Waals surface area (Å²) in [6.45, 7) is 7.85. The van der Waals surface area contributed by atoms with Crippen molar-refractivity contribution >= 4 is 17.7 Å². The molecule has 3 aliphatic rings. The maximum Gasteiger partial charge on any atom is 0.336 e. The maximum absolute atomic E-state index is 13.7. The van der Waals surface area contributed by atoms with Gasteiger partial charge in [-0.25, -0.2) is 4.79 Å². The quantitative estimate of drug-likeness (QED) is 0.354. The van der Waals surface area contributed by atoms with Crippen LogP contribution in [0.15, 0.2) is 40.7 Å². The van der Waals surface area contributed by atoms with Crippen molar-refractivity contribution in [1.82, 2.24) is 5.32 Å². The van der Waals surface area contributed by atoms with E-state index in [1.807, 2.05) is 20.8 Å². The smallest absolute Gasteiger partial charge is 0.336 e. The number of fused-ring (bicyclic) bond motifs is 1. The van der Waals surface area contributed by atoms with Crippen LogP contribution in [0.5, 0.6) is 11.5 Å².